The number of carboxylic acid groups (broad SMARTS) is 1. The van der Waals surface area contributed by atoms with Crippen LogP contribution >= 0.6 is 11.8 Å². The summed E-state index contributed by atoms with van der Waals surface area (Å²) in [6, 6.07) is 16.8. The normalized spacial score (nSPS) is 12.7. The Balaban J connectivity index is 1.62. The molecule has 0 saturated heterocycles. The van der Waals surface area contributed by atoms with E-state index < -0.39 is 18.1 Å². The molecule has 0 amide bonds. The molecule has 0 bridgehead atoms. The molecule has 0 aliphatic heterocycles. The number of aliphatic hydroxyl groups is 1. The number of rotatable bonds is 14. The van der Waals surface area contributed by atoms with Crippen molar-refractivity contribution in [1.29, 1.82) is 0 Å². The number of ether oxygens (including phenoxy) is 1. The van der Waals surface area contributed by atoms with Gasteiger partial charge >= 0.3 is 5.97 Å². The lowest BCUT2D eigenvalue weighted by Gasteiger charge is -2.22. The molecular formula is C30H31F2N3O4S. The highest BCUT2D eigenvalue weighted by Crippen LogP contribution is 2.32. The molecular weight excluding hydrogens is 536 g/mol. The van der Waals surface area contributed by atoms with Crippen LogP contribution in [-0.2, 0) is 29.3 Å². The number of aliphatic hydroxyl groups excluding tert-OH is 1. The number of carboxylic acids is 1. The second-order valence-corrected chi connectivity index (χ2v) is 10.2. The number of aromatic nitrogens is 2. The van der Waals surface area contributed by atoms with Crippen molar-refractivity contribution >= 4 is 23.4 Å². The van der Waals surface area contributed by atoms with E-state index in [2.05, 4.69) is 10.3 Å². The van der Waals surface area contributed by atoms with Crippen LogP contribution in [0.5, 0.6) is 0 Å². The van der Waals surface area contributed by atoms with Crippen molar-refractivity contribution in [3.63, 3.8) is 0 Å². The molecule has 1 heterocycles. The second kappa shape index (κ2) is 14.1. The van der Waals surface area contributed by atoms with E-state index in [0.29, 0.717) is 35.8 Å². The predicted molar refractivity (Wildman–Crippen MR) is 152 cm³/mol. The van der Waals surface area contributed by atoms with Crippen LogP contribution in [0.1, 0.15) is 29.5 Å². The minimum Gasteiger partial charge on any atom is -0.480 e. The van der Waals surface area contributed by atoms with Gasteiger partial charge in [-0.2, -0.15) is 11.8 Å². The average molecular weight is 568 g/mol. The molecule has 2 atom stereocenters. The van der Waals surface area contributed by atoms with Crippen molar-refractivity contribution in [1.82, 2.24) is 9.55 Å². The van der Waals surface area contributed by atoms with Crippen LogP contribution in [0.2, 0.25) is 0 Å². The van der Waals surface area contributed by atoms with Gasteiger partial charge in [0.2, 0.25) is 0 Å². The highest BCUT2D eigenvalue weighted by molar-refractivity contribution is 7.98. The van der Waals surface area contributed by atoms with Crippen LogP contribution < -0.4 is 5.32 Å². The van der Waals surface area contributed by atoms with Crippen molar-refractivity contribution in [2.75, 3.05) is 17.3 Å². The van der Waals surface area contributed by atoms with E-state index in [9.17, 15) is 23.8 Å². The van der Waals surface area contributed by atoms with Gasteiger partial charge in [-0.1, -0.05) is 30.3 Å². The molecule has 1 aromatic heterocycles. The van der Waals surface area contributed by atoms with Crippen molar-refractivity contribution in [2.45, 2.75) is 38.3 Å². The number of carbonyl (C=O) groups is 1. The number of imidazole rings is 1. The van der Waals surface area contributed by atoms with E-state index in [1.165, 1.54) is 24.3 Å². The van der Waals surface area contributed by atoms with Gasteiger partial charge in [-0.15, -0.1) is 0 Å². The maximum atomic E-state index is 13.7. The number of hydrogen-bond acceptors (Lipinski definition) is 6. The fraction of sp³-hybridized carbons (Fsp3) is 0.267. The Hall–Kier alpha value is -3.73. The van der Waals surface area contributed by atoms with Gasteiger partial charge in [-0.05, 0) is 71.5 Å². The predicted octanol–water partition coefficient (Wildman–Crippen LogP) is 5.90. The first-order valence-electron chi connectivity index (χ1n) is 12.7. The van der Waals surface area contributed by atoms with Gasteiger partial charge in [0.15, 0.2) is 0 Å². The number of hydrogen-bond donors (Lipinski definition) is 3. The van der Waals surface area contributed by atoms with E-state index in [1.54, 1.807) is 59.1 Å². The summed E-state index contributed by atoms with van der Waals surface area (Å²) in [5.41, 5.74) is 3.62. The van der Waals surface area contributed by atoms with Crippen LogP contribution in [0.3, 0.4) is 0 Å². The molecule has 40 heavy (non-hydrogen) atoms. The summed E-state index contributed by atoms with van der Waals surface area (Å²) in [5, 5.41) is 22.5. The molecule has 0 radical (unpaired) electrons. The third-order valence-corrected chi connectivity index (χ3v) is 7.12. The van der Waals surface area contributed by atoms with Gasteiger partial charge < -0.3 is 24.8 Å². The maximum absolute atomic E-state index is 13.7. The number of anilines is 1. The lowest BCUT2D eigenvalue weighted by molar-refractivity contribution is -0.137. The molecule has 4 rings (SSSR count). The topological polar surface area (TPSA) is 96.6 Å². The zero-order chi connectivity index (χ0) is 28.5. The van der Waals surface area contributed by atoms with Gasteiger partial charge in [0, 0.05) is 23.6 Å². The molecule has 1 unspecified atom stereocenters. The number of aliphatic carboxylic acids is 1. The third kappa shape index (κ3) is 7.68. The van der Waals surface area contributed by atoms with Crippen molar-refractivity contribution in [3.8, 4) is 11.1 Å². The average Bonchev–Trinajstić information content (AvgIpc) is 3.41. The monoisotopic (exact) mass is 567 g/mol. The molecule has 7 nitrogen and oxygen atoms in total. The molecule has 210 valence electrons. The van der Waals surface area contributed by atoms with Crippen LogP contribution in [-0.4, -0.2) is 43.8 Å². The minimum absolute atomic E-state index is 0.189. The second-order valence-electron chi connectivity index (χ2n) is 9.21. The van der Waals surface area contributed by atoms with Crippen LogP contribution in [0, 0.1) is 11.6 Å². The smallest absolute Gasteiger partial charge is 0.326 e. The first-order valence-corrected chi connectivity index (χ1v) is 14.1. The summed E-state index contributed by atoms with van der Waals surface area (Å²) >= 11 is 1.57. The van der Waals surface area contributed by atoms with Gasteiger partial charge in [0.05, 0.1) is 13.2 Å². The van der Waals surface area contributed by atoms with Gasteiger partial charge in [0.1, 0.15) is 36.2 Å². The number of benzene rings is 3. The number of nitrogens with zero attached hydrogens (tertiary/aromatic N) is 2. The van der Waals surface area contributed by atoms with E-state index in [-0.39, 0.29) is 24.8 Å². The van der Waals surface area contributed by atoms with E-state index in [1.807, 2.05) is 18.4 Å². The first-order chi connectivity index (χ1) is 19.4. The summed E-state index contributed by atoms with van der Waals surface area (Å²) in [5.74, 6) is -0.508. The Kier molecular flexibility index (Phi) is 10.3. The summed E-state index contributed by atoms with van der Waals surface area (Å²) in [4.78, 5) is 16.0. The fourth-order valence-corrected chi connectivity index (χ4v) is 4.79. The maximum Gasteiger partial charge on any atom is 0.326 e. The minimum atomic E-state index is -0.949. The molecule has 0 aliphatic carbocycles. The lowest BCUT2D eigenvalue weighted by atomic mass is 10.00. The molecule has 10 heteroatoms. The molecule has 0 fully saturated rings. The summed E-state index contributed by atoms with van der Waals surface area (Å²) in [6.45, 7) is 0.309. The van der Waals surface area contributed by atoms with Crippen molar-refractivity contribution in [3.05, 3.63) is 108 Å². The molecule has 4 aromatic rings. The molecule has 0 saturated carbocycles. The van der Waals surface area contributed by atoms with E-state index in [0.717, 1.165) is 16.7 Å². The van der Waals surface area contributed by atoms with Gasteiger partial charge in [-0.25, -0.2) is 18.6 Å². The Morgan fingerprint density at radius 2 is 1.77 bits per heavy atom. The van der Waals surface area contributed by atoms with Crippen LogP contribution in [0.4, 0.5) is 14.5 Å². The quantitative estimate of drug-likeness (QED) is 0.175. The SMILES string of the molecule is CSCC[C@H](Nc1ccc(COC(Cn2ccnc2CO)c2ccc(F)cc2)cc1-c1ccc(F)cc1)C(=O)O. The zero-order valence-electron chi connectivity index (χ0n) is 22.0. The summed E-state index contributed by atoms with van der Waals surface area (Å²) in [7, 11) is 0. The Morgan fingerprint density at radius 1 is 1.07 bits per heavy atom. The van der Waals surface area contributed by atoms with Crippen molar-refractivity contribution in [2.24, 2.45) is 0 Å². The summed E-state index contributed by atoms with van der Waals surface area (Å²) in [6.07, 6.45) is 5.23. The Bertz CT molecular complexity index is 1400. The lowest BCUT2D eigenvalue weighted by Crippen LogP contribution is -2.30. The Morgan fingerprint density at radius 3 is 2.42 bits per heavy atom. The third-order valence-electron chi connectivity index (χ3n) is 6.48. The fourth-order valence-electron chi connectivity index (χ4n) is 4.32. The molecule has 3 aromatic carbocycles. The summed E-state index contributed by atoms with van der Waals surface area (Å²) < 4.78 is 35.4. The molecule has 0 spiro atoms. The van der Waals surface area contributed by atoms with Crippen LogP contribution in [0.25, 0.3) is 11.1 Å². The zero-order valence-corrected chi connectivity index (χ0v) is 22.8. The van der Waals surface area contributed by atoms with E-state index >= 15 is 0 Å². The number of nitrogens with one attached hydrogen (secondary N) is 1. The molecule has 3 N–H and O–H groups in total. The highest BCUT2D eigenvalue weighted by atomic mass is 32.2. The highest BCUT2D eigenvalue weighted by Gasteiger charge is 2.20. The number of halogens is 2. The van der Waals surface area contributed by atoms with Crippen molar-refractivity contribution < 1.29 is 28.5 Å². The van der Waals surface area contributed by atoms with Gasteiger partial charge in [0.25, 0.3) is 0 Å². The largest absolute Gasteiger partial charge is 0.480 e. The van der Waals surface area contributed by atoms with Crippen LogP contribution in [0.15, 0.2) is 79.1 Å². The molecule has 0 aliphatic rings. The van der Waals surface area contributed by atoms with Gasteiger partial charge in [-0.3, -0.25) is 0 Å². The Labute approximate surface area is 235 Å². The first kappa shape index (κ1) is 29.3. The van der Waals surface area contributed by atoms with E-state index in [4.69, 9.17) is 4.74 Å². The number of thioether (sulfide) groups is 1. The standard InChI is InChI=1S/C30H31F2N3O4S/c1-40-15-12-27(30(37)38)34-26-11-2-20(16-25(26)21-3-7-23(31)8-4-21)19-39-28(22-5-9-24(32)10-6-22)17-35-14-13-33-29(35)18-36/h2-11,13-14,16,27-28,34,36H,12,15,17-19H2,1H3,(H,37,38)/t27-,28?/m0/s1.